The lowest BCUT2D eigenvalue weighted by Gasteiger charge is -2.28. The number of carbonyl (C=O) groups excluding carboxylic acids is 1. The van der Waals surface area contributed by atoms with Crippen molar-refractivity contribution in [1.29, 1.82) is 0 Å². The van der Waals surface area contributed by atoms with Gasteiger partial charge < -0.3 is 19.3 Å². The Hall–Kier alpha value is -2.05. The molecule has 1 saturated heterocycles. The maximum atomic E-state index is 12.1. The maximum Gasteiger partial charge on any atom is 0.410 e. The molecule has 1 fully saturated rings. The van der Waals surface area contributed by atoms with Gasteiger partial charge in [0.15, 0.2) is 0 Å². The van der Waals surface area contributed by atoms with Crippen molar-refractivity contribution in [1.82, 2.24) is 10.1 Å². The summed E-state index contributed by atoms with van der Waals surface area (Å²) in [5, 5.41) is 12.5. The highest BCUT2D eigenvalue weighted by molar-refractivity contribution is 5.84. The first-order valence-corrected chi connectivity index (χ1v) is 6.95. The summed E-state index contributed by atoms with van der Waals surface area (Å²) in [7, 11) is 0. The van der Waals surface area contributed by atoms with Gasteiger partial charge in [-0.1, -0.05) is 5.16 Å². The van der Waals surface area contributed by atoms with E-state index in [9.17, 15) is 9.59 Å². The number of amides is 1. The number of carboxylic acid groups (broad SMARTS) is 1. The van der Waals surface area contributed by atoms with Gasteiger partial charge in [0, 0.05) is 25.1 Å². The largest absolute Gasteiger partial charge is 0.475 e. The van der Waals surface area contributed by atoms with Gasteiger partial charge >= 0.3 is 12.1 Å². The second-order valence-corrected chi connectivity index (χ2v) is 6.16. The average Bonchev–Trinajstić information content (AvgIpc) is 2.96. The number of aromatic nitrogens is 1. The van der Waals surface area contributed by atoms with Gasteiger partial charge in [-0.3, -0.25) is 0 Å². The van der Waals surface area contributed by atoms with E-state index in [1.54, 1.807) is 4.90 Å². The van der Waals surface area contributed by atoms with Crippen LogP contribution in [0.5, 0.6) is 0 Å². The number of nitrogens with zero attached hydrogens (tertiary/aromatic N) is 2. The molecule has 1 aliphatic heterocycles. The second-order valence-electron chi connectivity index (χ2n) is 6.16. The lowest BCUT2D eigenvalue weighted by molar-refractivity contribution is 0.0225. The molecule has 1 atom stereocenters. The minimum Gasteiger partial charge on any atom is -0.475 e. The van der Waals surface area contributed by atoms with Crippen molar-refractivity contribution >= 4 is 12.1 Å². The molecule has 2 heterocycles. The van der Waals surface area contributed by atoms with E-state index >= 15 is 0 Å². The number of carboxylic acids is 1. The van der Waals surface area contributed by atoms with Gasteiger partial charge in [0.05, 0.1) is 5.69 Å². The molecule has 0 bridgehead atoms. The third-order valence-corrected chi connectivity index (χ3v) is 3.22. The minimum absolute atomic E-state index is 0.0356. The van der Waals surface area contributed by atoms with Crippen LogP contribution in [0.25, 0.3) is 0 Å². The lowest BCUT2D eigenvalue weighted by atomic mass is 10.1. The van der Waals surface area contributed by atoms with Crippen molar-refractivity contribution in [2.45, 2.75) is 51.7 Å². The van der Waals surface area contributed by atoms with Crippen LogP contribution in [0.1, 0.15) is 49.9 Å². The Morgan fingerprint density at radius 3 is 2.81 bits per heavy atom. The molecular formula is C14H20N2O5. The molecule has 2 rings (SSSR count). The van der Waals surface area contributed by atoms with Crippen LogP contribution in [-0.2, 0) is 11.2 Å². The Bertz CT molecular complexity index is 532. The van der Waals surface area contributed by atoms with Crippen molar-refractivity contribution in [3.63, 3.8) is 0 Å². The Labute approximate surface area is 122 Å². The van der Waals surface area contributed by atoms with Gasteiger partial charge in [-0.15, -0.1) is 0 Å². The molecule has 7 heteroatoms. The van der Waals surface area contributed by atoms with Crippen LogP contribution < -0.4 is 0 Å². The van der Waals surface area contributed by atoms with Gasteiger partial charge in [0.2, 0.25) is 5.76 Å². The van der Waals surface area contributed by atoms with Crippen molar-refractivity contribution in [2.24, 2.45) is 0 Å². The first-order chi connectivity index (χ1) is 9.76. The summed E-state index contributed by atoms with van der Waals surface area (Å²) in [5.74, 6) is -1.34. The maximum absolute atomic E-state index is 12.1. The highest BCUT2D eigenvalue weighted by Crippen LogP contribution is 2.23. The van der Waals surface area contributed by atoms with Crippen LogP contribution >= 0.6 is 0 Å². The molecule has 1 aromatic heterocycles. The zero-order valence-corrected chi connectivity index (χ0v) is 12.5. The molecule has 0 aliphatic carbocycles. The van der Waals surface area contributed by atoms with E-state index in [-0.39, 0.29) is 17.9 Å². The third kappa shape index (κ3) is 3.96. The molecule has 1 unspecified atom stereocenters. The Balaban J connectivity index is 2.01. The molecule has 0 spiro atoms. The van der Waals surface area contributed by atoms with Gasteiger partial charge in [0.1, 0.15) is 5.60 Å². The van der Waals surface area contributed by atoms with E-state index in [1.807, 2.05) is 20.8 Å². The molecule has 1 N–H and O–H groups in total. The first kappa shape index (κ1) is 15.3. The molecule has 116 valence electrons. The molecule has 7 nitrogen and oxygen atoms in total. The third-order valence-electron chi connectivity index (χ3n) is 3.22. The monoisotopic (exact) mass is 296 g/mol. The highest BCUT2D eigenvalue weighted by atomic mass is 16.6. The zero-order chi connectivity index (χ0) is 15.6. The standard InChI is InChI=1S/C14H20N2O5/c1-14(2,3)20-13(19)16-6-4-5-10(16)7-9-8-11(12(17)18)21-15-9/h8,10H,4-7H2,1-3H3,(H,17,18). The lowest BCUT2D eigenvalue weighted by Crippen LogP contribution is -2.40. The fourth-order valence-corrected chi connectivity index (χ4v) is 2.36. The number of ether oxygens (including phenoxy) is 1. The summed E-state index contributed by atoms with van der Waals surface area (Å²) in [5.41, 5.74) is 0.00191. The molecule has 1 aliphatic rings. The molecular weight excluding hydrogens is 276 g/mol. The summed E-state index contributed by atoms with van der Waals surface area (Å²) in [6, 6.07) is 1.36. The number of hydrogen-bond donors (Lipinski definition) is 1. The van der Waals surface area contributed by atoms with Crippen LogP contribution in [0.3, 0.4) is 0 Å². The van der Waals surface area contributed by atoms with E-state index < -0.39 is 11.6 Å². The van der Waals surface area contributed by atoms with E-state index in [1.165, 1.54) is 6.07 Å². The Morgan fingerprint density at radius 2 is 2.24 bits per heavy atom. The van der Waals surface area contributed by atoms with E-state index in [4.69, 9.17) is 14.4 Å². The first-order valence-electron chi connectivity index (χ1n) is 6.95. The normalized spacial score (nSPS) is 18.8. The van der Waals surface area contributed by atoms with Gasteiger partial charge in [0.25, 0.3) is 0 Å². The summed E-state index contributed by atoms with van der Waals surface area (Å²) in [4.78, 5) is 24.6. The molecule has 1 aromatic rings. The summed E-state index contributed by atoms with van der Waals surface area (Å²) < 4.78 is 10.1. The Morgan fingerprint density at radius 1 is 1.52 bits per heavy atom. The predicted octanol–water partition coefficient (Wildman–Crippen LogP) is 2.31. The van der Waals surface area contributed by atoms with Gasteiger partial charge in [-0.2, -0.15) is 0 Å². The van der Waals surface area contributed by atoms with Crippen LogP contribution in [0.15, 0.2) is 10.6 Å². The molecule has 0 saturated carbocycles. The van der Waals surface area contributed by atoms with Crippen molar-refractivity contribution in [3.05, 3.63) is 17.5 Å². The Kier molecular flexibility index (Phi) is 4.20. The number of rotatable bonds is 3. The van der Waals surface area contributed by atoms with E-state index in [0.717, 1.165) is 12.8 Å². The van der Waals surface area contributed by atoms with Crippen LogP contribution in [0, 0.1) is 0 Å². The number of likely N-dealkylation sites (tertiary alicyclic amines) is 1. The van der Waals surface area contributed by atoms with Crippen LogP contribution in [0.2, 0.25) is 0 Å². The molecule has 0 aromatic carbocycles. The zero-order valence-electron chi connectivity index (χ0n) is 12.5. The van der Waals surface area contributed by atoms with Crippen LogP contribution in [-0.4, -0.2) is 45.4 Å². The van der Waals surface area contributed by atoms with Crippen molar-refractivity contribution in [2.75, 3.05) is 6.54 Å². The summed E-state index contributed by atoms with van der Waals surface area (Å²) >= 11 is 0. The van der Waals surface area contributed by atoms with Gasteiger partial charge in [-0.05, 0) is 33.6 Å². The second kappa shape index (κ2) is 5.75. The van der Waals surface area contributed by atoms with Crippen molar-refractivity contribution in [3.8, 4) is 0 Å². The smallest absolute Gasteiger partial charge is 0.410 e. The van der Waals surface area contributed by atoms with Crippen molar-refractivity contribution < 1.29 is 24.0 Å². The quantitative estimate of drug-likeness (QED) is 0.920. The number of carbonyl (C=O) groups is 2. The predicted molar refractivity (Wildman–Crippen MR) is 73.1 cm³/mol. The molecule has 0 radical (unpaired) electrons. The highest BCUT2D eigenvalue weighted by Gasteiger charge is 2.32. The number of aromatic carboxylic acids is 1. The number of hydrogen-bond acceptors (Lipinski definition) is 5. The topological polar surface area (TPSA) is 92.9 Å². The minimum atomic E-state index is -1.15. The van der Waals surface area contributed by atoms with E-state index in [2.05, 4.69) is 5.16 Å². The SMILES string of the molecule is CC(C)(C)OC(=O)N1CCCC1Cc1cc(C(=O)O)on1. The fourth-order valence-electron chi connectivity index (χ4n) is 2.36. The van der Waals surface area contributed by atoms with E-state index in [0.29, 0.717) is 18.7 Å². The fraction of sp³-hybridized carbons (Fsp3) is 0.643. The van der Waals surface area contributed by atoms with Gasteiger partial charge in [-0.25, -0.2) is 9.59 Å². The summed E-state index contributed by atoms with van der Waals surface area (Å²) in [6.07, 6.45) is 1.87. The van der Waals surface area contributed by atoms with Crippen LogP contribution in [0.4, 0.5) is 4.79 Å². The molecule has 21 heavy (non-hydrogen) atoms. The molecule has 1 amide bonds. The summed E-state index contributed by atoms with van der Waals surface area (Å²) in [6.45, 7) is 6.12. The average molecular weight is 296 g/mol.